The van der Waals surface area contributed by atoms with E-state index in [1.54, 1.807) is 11.3 Å². The average molecular weight is 341 g/mol. The smallest absolute Gasteiger partial charge is 0.273 e. The lowest BCUT2D eigenvalue weighted by Crippen LogP contribution is -2.42. The van der Waals surface area contributed by atoms with Crippen LogP contribution in [0.1, 0.15) is 40.3 Å². The van der Waals surface area contributed by atoms with Gasteiger partial charge < -0.3 is 10.2 Å². The highest BCUT2D eigenvalue weighted by molar-refractivity contribution is 7.09. The van der Waals surface area contributed by atoms with Crippen LogP contribution >= 0.6 is 11.3 Å². The molecule has 2 aliphatic rings. The molecule has 2 fully saturated rings. The molecule has 1 N–H and O–H groups in total. The Kier molecular flexibility index (Phi) is 4.37. The van der Waals surface area contributed by atoms with Crippen LogP contribution in [0.3, 0.4) is 0 Å². The van der Waals surface area contributed by atoms with Gasteiger partial charge in [0.1, 0.15) is 5.69 Å². The summed E-state index contributed by atoms with van der Waals surface area (Å²) in [4.78, 5) is 19.4. The van der Waals surface area contributed by atoms with E-state index in [9.17, 15) is 4.79 Å². The Morgan fingerprint density at radius 3 is 2.96 bits per heavy atom. The van der Waals surface area contributed by atoms with Crippen LogP contribution in [-0.2, 0) is 6.42 Å². The molecule has 0 unspecified atom stereocenters. The van der Waals surface area contributed by atoms with Crippen molar-refractivity contribution in [3.8, 4) is 0 Å². The van der Waals surface area contributed by atoms with Crippen molar-refractivity contribution < 1.29 is 4.79 Å². The van der Waals surface area contributed by atoms with Crippen LogP contribution in [0.4, 0.5) is 0 Å². The molecule has 1 atom stereocenters. The van der Waals surface area contributed by atoms with Gasteiger partial charge in [-0.25, -0.2) is 4.98 Å². The van der Waals surface area contributed by atoms with Gasteiger partial charge in [0.05, 0.1) is 5.01 Å². The number of nitrogens with zero attached hydrogens (tertiary/aromatic N) is 2. The number of rotatable bonds is 3. The van der Waals surface area contributed by atoms with Crippen LogP contribution in [0.15, 0.2) is 35.7 Å². The summed E-state index contributed by atoms with van der Waals surface area (Å²) in [5.41, 5.74) is 2.16. The lowest BCUT2D eigenvalue weighted by Gasteiger charge is -2.33. The minimum absolute atomic E-state index is 0.105. The topological polar surface area (TPSA) is 45.2 Å². The molecule has 2 aliphatic heterocycles. The highest BCUT2D eigenvalue weighted by Gasteiger charge is 2.41. The first kappa shape index (κ1) is 15.8. The summed E-state index contributed by atoms with van der Waals surface area (Å²) in [5.74, 6) is 0.105. The summed E-state index contributed by atoms with van der Waals surface area (Å²) in [7, 11) is 0. The number of likely N-dealkylation sites (tertiary alicyclic amines) is 1. The quantitative estimate of drug-likeness (QED) is 0.933. The van der Waals surface area contributed by atoms with Gasteiger partial charge in [-0.2, -0.15) is 0 Å². The number of hydrogen-bond donors (Lipinski definition) is 1. The van der Waals surface area contributed by atoms with E-state index in [0.29, 0.717) is 11.1 Å². The molecule has 1 aromatic heterocycles. The summed E-state index contributed by atoms with van der Waals surface area (Å²) in [6, 6.07) is 10.3. The lowest BCUT2D eigenvalue weighted by molar-refractivity contribution is 0.0759. The normalized spacial score (nSPS) is 23.8. The van der Waals surface area contributed by atoms with Gasteiger partial charge in [0.25, 0.3) is 5.91 Å². The van der Waals surface area contributed by atoms with Crippen LogP contribution in [0.2, 0.25) is 0 Å². The number of carbonyl (C=O) groups excluding carboxylic acids is 1. The average Bonchev–Trinajstić information content (AvgIpc) is 3.24. The van der Waals surface area contributed by atoms with Gasteiger partial charge in [-0.05, 0) is 31.4 Å². The van der Waals surface area contributed by atoms with Crippen LogP contribution < -0.4 is 5.32 Å². The van der Waals surface area contributed by atoms with E-state index in [1.807, 2.05) is 28.5 Å². The van der Waals surface area contributed by atoms with Gasteiger partial charge in [-0.1, -0.05) is 30.3 Å². The van der Waals surface area contributed by atoms with E-state index in [-0.39, 0.29) is 5.91 Å². The Morgan fingerprint density at radius 1 is 1.29 bits per heavy atom. The Bertz CT molecular complexity index is 706. The van der Waals surface area contributed by atoms with Crippen molar-refractivity contribution in [3.63, 3.8) is 0 Å². The van der Waals surface area contributed by atoms with Crippen molar-refractivity contribution in [2.24, 2.45) is 5.41 Å². The molecule has 4 nitrogen and oxygen atoms in total. The number of hydrogen-bond acceptors (Lipinski definition) is 4. The fourth-order valence-electron chi connectivity index (χ4n) is 3.91. The number of benzene rings is 1. The molecule has 1 spiro atoms. The number of nitrogens with one attached hydrogen (secondary N) is 1. The predicted molar refractivity (Wildman–Crippen MR) is 96.4 cm³/mol. The van der Waals surface area contributed by atoms with Crippen molar-refractivity contribution in [1.82, 2.24) is 15.2 Å². The van der Waals surface area contributed by atoms with E-state index in [1.165, 1.54) is 18.4 Å². The molecule has 5 heteroatoms. The first-order chi connectivity index (χ1) is 11.7. The molecular formula is C19H23N3OS. The molecule has 126 valence electrons. The van der Waals surface area contributed by atoms with E-state index in [4.69, 9.17) is 0 Å². The van der Waals surface area contributed by atoms with E-state index >= 15 is 0 Å². The Hall–Kier alpha value is -1.72. The Labute approximate surface area is 146 Å². The second kappa shape index (κ2) is 6.65. The zero-order valence-electron chi connectivity index (χ0n) is 13.8. The maximum atomic E-state index is 12.8. The SMILES string of the molecule is O=C(c1csc(Cc2ccccc2)n1)N1CC[C@]2(CCCNC2)C1. The first-order valence-corrected chi connectivity index (χ1v) is 9.60. The van der Waals surface area contributed by atoms with E-state index in [0.717, 1.165) is 44.0 Å². The molecule has 3 heterocycles. The van der Waals surface area contributed by atoms with Gasteiger partial charge in [-0.15, -0.1) is 11.3 Å². The monoisotopic (exact) mass is 341 g/mol. The Morgan fingerprint density at radius 2 is 2.17 bits per heavy atom. The fraction of sp³-hybridized carbons (Fsp3) is 0.474. The highest BCUT2D eigenvalue weighted by Crippen LogP contribution is 2.37. The molecule has 1 aromatic carbocycles. The summed E-state index contributed by atoms with van der Waals surface area (Å²) >= 11 is 1.59. The van der Waals surface area contributed by atoms with E-state index < -0.39 is 0 Å². The maximum Gasteiger partial charge on any atom is 0.273 e. The number of amides is 1. The zero-order chi connectivity index (χ0) is 16.4. The molecule has 4 rings (SSSR count). The van der Waals surface area contributed by atoms with Gasteiger partial charge in [0.2, 0.25) is 0 Å². The van der Waals surface area contributed by atoms with Crippen LogP contribution in [0.5, 0.6) is 0 Å². The van der Waals surface area contributed by atoms with Gasteiger partial charge in [-0.3, -0.25) is 4.79 Å². The molecule has 0 aliphatic carbocycles. The van der Waals surface area contributed by atoms with Crippen molar-refractivity contribution in [2.75, 3.05) is 26.2 Å². The summed E-state index contributed by atoms with van der Waals surface area (Å²) in [6.45, 7) is 3.91. The number of piperidine rings is 1. The molecule has 24 heavy (non-hydrogen) atoms. The van der Waals surface area contributed by atoms with Crippen molar-refractivity contribution in [2.45, 2.75) is 25.7 Å². The molecule has 1 amide bonds. The van der Waals surface area contributed by atoms with Crippen molar-refractivity contribution in [1.29, 1.82) is 0 Å². The summed E-state index contributed by atoms with van der Waals surface area (Å²) < 4.78 is 0. The molecule has 2 saturated heterocycles. The minimum Gasteiger partial charge on any atom is -0.337 e. The molecule has 0 radical (unpaired) electrons. The second-order valence-electron chi connectivity index (χ2n) is 7.05. The summed E-state index contributed by atoms with van der Waals surface area (Å²) in [5, 5.41) is 6.43. The third-order valence-corrected chi connectivity index (χ3v) is 6.10. The van der Waals surface area contributed by atoms with Crippen LogP contribution in [0, 0.1) is 5.41 Å². The standard InChI is InChI=1S/C19H23N3OS/c23-18(22-10-8-19(14-22)7-4-9-20-13-19)16-12-24-17(21-16)11-15-5-2-1-3-6-15/h1-3,5-6,12,20H,4,7-11,13-14H2/t19-/m0/s1. The lowest BCUT2D eigenvalue weighted by atomic mass is 9.80. The molecular weight excluding hydrogens is 318 g/mol. The second-order valence-corrected chi connectivity index (χ2v) is 7.99. The maximum absolute atomic E-state index is 12.8. The molecule has 0 saturated carbocycles. The zero-order valence-corrected chi connectivity index (χ0v) is 14.6. The number of thiazole rings is 1. The van der Waals surface area contributed by atoms with E-state index in [2.05, 4.69) is 22.4 Å². The van der Waals surface area contributed by atoms with Gasteiger partial charge >= 0.3 is 0 Å². The first-order valence-electron chi connectivity index (χ1n) is 8.73. The molecule has 2 aromatic rings. The van der Waals surface area contributed by atoms with Crippen LogP contribution in [0.25, 0.3) is 0 Å². The number of aromatic nitrogens is 1. The minimum atomic E-state index is 0.105. The Balaban J connectivity index is 1.42. The van der Waals surface area contributed by atoms with Crippen LogP contribution in [-0.4, -0.2) is 42.0 Å². The molecule has 0 bridgehead atoms. The largest absolute Gasteiger partial charge is 0.337 e. The third kappa shape index (κ3) is 3.23. The highest BCUT2D eigenvalue weighted by atomic mass is 32.1. The van der Waals surface area contributed by atoms with Gasteiger partial charge in [0, 0.05) is 36.9 Å². The number of carbonyl (C=O) groups is 1. The summed E-state index contributed by atoms with van der Waals surface area (Å²) in [6.07, 6.45) is 4.37. The third-order valence-electron chi connectivity index (χ3n) is 5.26. The van der Waals surface area contributed by atoms with Crippen molar-refractivity contribution >= 4 is 17.2 Å². The fourth-order valence-corrected chi connectivity index (χ4v) is 4.71. The van der Waals surface area contributed by atoms with Crippen molar-refractivity contribution in [3.05, 3.63) is 52.0 Å². The van der Waals surface area contributed by atoms with Gasteiger partial charge in [0.15, 0.2) is 0 Å². The predicted octanol–water partition coefficient (Wildman–Crippen LogP) is 2.95.